The van der Waals surface area contributed by atoms with Gasteiger partial charge in [0, 0.05) is 23.2 Å². The highest BCUT2D eigenvalue weighted by Crippen LogP contribution is 2.29. The van der Waals surface area contributed by atoms with E-state index in [2.05, 4.69) is 31.4 Å². The van der Waals surface area contributed by atoms with Gasteiger partial charge < -0.3 is 15.5 Å². The van der Waals surface area contributed by atoms with Crippen LogP contribution < -0.4 is 10.6 Å². The van der Waals surface area contributed by atoms with E-state index in [1.807, 2.05) is 70.2 Å². The smallest absolute Gasteiger partial charge is 0.313 e. The van der Waals surface area contributed by atoms with Gasteiger partial charge in [-0.05, 0) is 51.0 Å². The van der Waals surface area contributed by atoms with Gasteiger partial charge >= 0.3 is 6.03 Å². The fraction of sp³-hybridized carbons (Fsp3) is 0.370. The zero-order valence-electron chi connectivity index (χ0n) is 21.4. The summed E-state index contributed by atoms with van der Waals surface area (Å²) in [6, 6.07) is 14.5. The van der Waals surface area contributed by atoms with Gasteiger partial charge in [0.2, 0.25) is 5.91 Å². The van der Waals surface area contributed by atoms with E-state index in [0.29, 0.717) is 16.5 Å². The molecule has 1 aromatic heterocycles. The second-order valence-electron chi connectivity index (χ2n) is 9.99. The molecule has 0 spiro atoms. The number of nitrogens with one attached hydrogen (secondary N) is 2. The monoisotopic (exact) mass is 495 g/mol. The molecule has 186 valence electrons. The molecule has 3 amide bonds. The second kappa shape index (κ2) is 10.5. The Morgan fingerprint density at radius 1 is 1.03 bits per heavy atom. The minimum absolute atomic E-state index is 0.118. The van der Waals surface area contributed by atoms with Crippen molar-refractivity contribution >= 4 is 35.0 Å². The minimum atomic E-state index is -0.331. The van der Waals surface area contributed by atoms with E-state index in [-0.39, 0.29) is 29.9 Å². The van der Waals surface area contributed by atoms with Gasteiger partial charge in [0.15, 0.2) is 0 Å². The van der Waals surface area contributed by atoms with E-state index in [4.69, 9.17) is 16.7 Å². The summed E-state index contributed by atoms with van der Waals surface area (Å²) in [7, 11) is 0. The van der Waals surface area contributed by atoms with Gasteiger partial charge in [0.25, 0.3) is 0 Å². The maximum Gasteiger partial charge on any atom is 0.322 e. The molecule has 3 rings (SSSR count). The number of benzene rings is 2. The first kappa shape index (κ1) is 26.3. The summed E-state index contributed by atoms with van der Waals surface area (Å²) in [5, 5.41) is 11.1. The lowest BCUT2D eigenvalue weighted by atomic mass is 9.92. The molecule has 7 nitrogen and oxygen atoms in total. The van der Waals surface area contributed by atoms with Crippen molar-refractivity contribution in [2.45, 2.75) is 59.9 Å². The number of hydrogen-bond acceptors (Lipinski definition) is 3. The molecule has 8 heteroatoms. The van der Waals surface area contributed by atoms with Crippen LogP contribution in [0.1, 0.15) is 51.4 Å². The normalized spacial score (nSPS) is 11.5. The summed E-state index contributed by atoms with van der Waals surface area (Å²) >= 11 is 6.43. The number of para-hydroxylation sites is 2. The Labute approximate surface area is 212 Å². The lowest BCUT2D eigenvalue weighted by molar-refractivity contribution is -0.117. The SMILES string of the molecule is Cc1cccc(C)c1NC(=O)N(CC(=O)Nc1cc(C(C)(C)C)nn1-c1ccccc1Cl)C(C)C. The molecule has 2 N–H and O–H groups in total. The zero-order valence-corrected chi connectivity index (χ0v) is 22.2. The second-order valence-corrected chi connectivity index (χ2v) is 10.4. The maximum atomic E-state index is 13.1. The maximum absolute atomic E-state index is 13.1. The van der Waals surface area contributed by atoms with Crippen LogP contribution in [0.3, 0.4) is 0 Å². The van der Waals surface area contributed by atoms with Crippen molar-refractivity contribution in [1.82, 2.24) is 14.7 Å². The summed E-state index contributed by atoms with van der Waals surface area (Å²) in [4.78, 5) is 27.8. The third-order valence-electron chi connectivity index (χ3n) is 5.74. The fourth-order valence-corrected chi connectivity index (χ4v) is 3.88. The van der Waals surface area contributed by atoms with E-state index in [1.54, 1.807) is 10.7 Å². The Kier molecular flexibility index (Phi) is 7.90. The van der Waals surface area contributed by atoms with Gasteiger partial charge in [-0.25, -0.2) is 9.48 Å². The summed E-state index contributed by atoms with van der Waals surface area (Å²) in [6.45, 7) is 13.7. The predicted molar refractivity (Wildman–Crippen MR) is 143 cm³/mol. The molecule has 0 radical (unpaired) electrons. The van der Waals surface area contributed by atoms with Crippen molar-refractivity contribution in [3.63, 3.8) is 0 Å². The van der Waals surface area contributed by atoms with Gasteiger partial charge in [-0.1, -0.05) is 62.7 Å². The Morgan fingerprint density at radius 2 is 1.66 bits per heavy atom. The molecule has 0 bridgehead atoms. The van der Waals surface area contributed by atoms with Gasteiger partial charge in [0.05, 0.1) is 16.4 Å². The van der Waals surface area contributed by atoms with Crippen LogP contribution >= 0.6 is 11.6 Å². The summed E-state index contributed by atoms with van der Waals surface area (Å²) in [6.07, 6.45) is 0. The first-order valence-electron chi connectivity index (χ1n) is 11.7. The van der Waals surface area contributed by atoms with Crippen LogP contribution in [0, 0.1) is 13.8 Å². The number of nitrogens with zero attached hydrogens (tertiary/aromatic N) is 3. The highest BCUT2D eigenvalue weighted by molar-refractivity contribution is 6.32. The number of urea groups is 1. The summed E-state index contributed by atoms with van der Waals surface area (Å²) < 4.78 is 1.64. The molecule has 0 unspecified atom stereocenters. The minimum Gasteiger partial charge on any atom is -0.313 e. The van der Waals surface area contributed by atoms with E-state index in [9.17, 15) is 9.59 Å². The van der Waals surface area contributed by atoms with Crippen molar-refractivity contribution < 1.29 is 9.59 Å². The van der Waals surface area contributed by atoms with Gasteiger partial charge in [-0.15, -0.1) is 0 Å². The van der Waals surface area contributed by atoms with Crippen LogP contribution in [0.4, 0.5) is 16.3 Å². The van der Waals surface area contributed by atoms with Crippen LogP contribution in [-0.4, -0.2) is 39.2 Å². The molecule has 0 aliphatic rings. The molecule has 0 saturated heterocycles. The molecule has 1 heterocycles. The largest absolute Gasteiger partial charge is 0.322 e. The molecule has 3 aromatic rings. The van der Waals surface area contributed by atoms with E-state index in [1.165, 1.54) is 4.90 Å². The third kappa shape index (κ3) is 6.22. The Balaban J connectivity index is 1.85. The number of amides is 3. The quantitative estimate of drug-likeness (QED) is 0.420. The number of carbonyl (C=O) groups is 2. The van der Waals surface area contributed by atoms with Gasteiger partial charge in [-0.2, -0.15) is 5.10 Å². The first-order chi connectivity index (χ1) is 16.4. The Hall–Kier alpha value is -3.32. The van der Waals surface area contributed by atoms with Crippen molar-refractivity contribution in [3.05, 3.63) is 70.4 Å². The molecular formula is C27H34ClN5O2. The lowest BCUT2D eigenvalue weighted by Gasteiger charge is -2.27. The number of carbonyl (C=O) groups excluding carboxylic acids is 2. The van der Waals surface area contributed by atoms with Crippen molar-refractivity contribution in [3.8, 4) is 5.69 Å². The number of halogens is 1. The summed E-state index contributed by atoms with van der Waals surface area (Å²) in [5.41, 5.74) is 3.92. The number of aryl methyl sites for hydroxylation is 2. The van der Waals surface area contributed by atoms with Crippen LogP contribution in [0.5, 0.6) is 0 Å². The molecule has 35 heavy (non-hydrogen) atoms. The standard InChI is InChI=1S/C27H34ClN5O2/c1-17(2)32(26(35)30-25-18(3)11-10-12-19(25)4)16-24(34)29-23-15-22(27(5,6)7)31-33(23)21-14-9-8-13-20(21)28/h8-15,17H,16H2,1-7H3,(H,29,34)(H,30,35). The number of rotatable bonds is 6. The predicted octanol–water partition coefficient (Wildman–Crippen LogP) is 6.32. The van der Waals surface area contributed by atoms with Gasteiger partial charge in [-0.3, -0.25) is 4.79 Å². The van der Waals surface area contributed by atoms with Crippen molar-refractivity contribution in [2.24, 2.45) is 0 Å². The molecule has 0 saturated carbocycles. The molecule has 0 atom stereocenters. The highest BCUT2D eigenvalue weighted by Gasteiger charge is 2.25. The van der Waals surface area contributed by atoms with E-state index < -0.39 is 0 Å². The first-order valence-corrected chi connectivity index (χ1v) is 12.1. The molecule has 2 aromatic carbocycles. The van der Waals surface area contributed by atoms with Crippen LogP contribution in [0.15, 0.2) is 48.5 Å². The molecule has 0 aliphatic heterocycles. The van der Waals surface area contributed by atoms with Crippen LogP contribution in [0.25, 0.3) is 5.69 Å². The average molecular weight is 496 g/mol. The average Bonchev–Trinajstić information content (AvgIpc) is 3.18. The number of aromatic nitrogens is 2. The molecule has 0 fully saturated rings. The van der Waals surface area contributed by atoms with E-state index in [0.717, 1.165) is 22.5 Å². The van der Waals surface area contributed by atoms with Gasteiger partial charge in [0.1, 0.15) is 12.4 Å². The highest BCUT2D eigenvalue weighted by atomic mass is 35.5. The Bertz CT molecular complexity index is 1210. The van der Waals surface area contributed by atoms with Crippen molar-refractivity contribution in [2.75, 3.05) is 17.2 Å². The summed E-state index contributed by atoms with van der Waals surface area (Å²) in [5.74, 6) is 0.163. The number of hydrogen-bond donors (Lipinski definition) is 2. The Morgan fingerprint density at radius 3 is 2.23 bits per heavy atom. The fourth-order valence-electron chi connectivity index (χ4n) is 3.66. The van der Waals surface area contributed by atoms with Crippen molar-refractivity contribution in [1.29, 1.82) is 0 Å². The molecule has 0 aliphatic carbocycles. The van der Waals surface area contributed by atoms with Crippen LogP contribution in [0.2, 0.25) is 5.02 Å². The lowest BCUT2D eigenvalue weighted by Crippen LogP contribution is -2.45. The van der Waals surface area contributed by atoms with Crippen LogP contribution in [-0.2, 0) is 10.2 Å². The zero-order chi connectivity index (χ0) is 25.9. The number of anilines is 2. The van der Waals surface area contributed by atoms with E-state index >= 15 is 0 Å². The topological polar surface area (TPSA) is 79.3 Å². The third-order valence-corrected chi connectivity index (χ3v) is 6.06. The molecular weight excluding hydrogens is 462 g/mol.